The first-order valence-electron chi connectivity index (χ1n) is 10.6. The molecule has 2 aromatic carbocycles. The van der Waals surface area contributed by atoms with Crippen LogP contribution in [0.5, 0.6) is 11.5 Å². The van der Waals surface area contributed by atoms with Gasteiger partial charge in [0.2, 0.25) is 5.91 Å². The van der Waals surface area contributed by atoms with Gasteiger partial charge in [-0.25, -0.2) is 4.98 Å². The standard InChI is InChI=1S/C27H26N2O4/c1-16-9-10-28-24(11-16)29-25(30)12-17(2)21-14-22-23(19-7-6-8-20(13-19)31-4)15-33-27(22)18(3)26(21)32-5/h6-15H,1-5H3,(H,28,29,30)/b17-12+. The van der Waals surface area contributed by atoms with Crippen molar-refractivity contribution in [1.82, 2.24) is 4.98 Å². The lowest BCUT2D eigenvalue weighted by Gasteiger charge is -2.13. The van der Waals surface area contributed by atoms with Crippen molar-refractivity contribution in [2.75, 3.05) is 19.5 Å². The number of furan rings is 1. The molecule has 0 unspecified atom stereocenters. The molecule has 0 saturated heterocycles. The predicted molar refractivity (Wildman–Crippen MR) is 131 cm³/mol. The van der Waals surface area contributed by atoms with Gasteiger partial charge in [-0.15, -0.1) is 0 Å². The Balaban J connectivity index is 1.77. The van der Waals surface area contributed by atoms with E-state index in [-0.39, 0.29) is 5.91 Å². The van der Waals surface area contributed by atoms with E-state index in [2.05, 4.69) is 10.3 Å². The molecule has 2 heterocycles. The molecule has 4 aromatic rings. The summed E-state index contributed by atoms with van der Waals surface area (Å²) in [5.74, 6) is 1.69. The lowest BCUT2D eigenvalue weighted by molar-refractivity contribution is -0.111. The minimum atomic E-state index is -0.259. The maximum atomic E-state index is 12.7. The van der Waals surface area contributed by atoms with Gasteiger partial charge >= 0.3 is 0 Å². The van der Waals surface area contributed by atoms with E-state index in [0.717, 1.165) is 50.1 Å². The van der Waals surface area contributed by atoms with Crippen molar-refractivity contribution in [2.45, 2.75) is 20.8 Å². The lowest BCUT2D eigenvalue weighted by Crippen LogP contribution is -2.10. The number of aromatic nitrogens is 1. The number of benzene rings is 2. The van der Waals surface area contributed by atoms with Crippen molar-refractivity contribution in [1.29, 1.82) is 0 Å². The van der Waals surface area contributed by atoms with Crippen LogP contribution >= 0.6 is 0 Å². The highest BCUT2D eigenvalue weighted by Crippen LogP contribution is 2.41. The number of anilines is 1. The third-order valence-electron chi connectivity index (χ3n) is 5.57. The third kappa shape index (κ3) is 4.46. The average molecular weight is 443 g/mol. The van der Waals surface area contributed by atoms with Gasteiger partial charge in [0, 0.05) is 34.3 Å². The van der Waals surface area contributed by atoms with Gasteiger partial charge in [-0.05, 0) is 67.8 Å². The number of nitrogens with zero attached hydrogens (tertiary/aromatic N) is 1. The lowest BCUT2D eigenvalue weighted by atomic mass is 9.96. The predicted octanol–water partition coefficient (Wildman–Crippen LogP) is 6.17. The Bertz CT molecular complexity index is 1370. The molecule has 0 aliphatic carbocycles. The number of aryl methyl sites for hydroxylation is 2. The number of rotatable bonds is 6. The van der Waals surface area contributed by atoms with Gasteiger partial charge in [0.05, 0.1) is 20.5 Å². The van der Waals surface area contributed by atoms with Gasteiger partial charge in [0.15, 0.2) is 0 Å². The number of allylic oxidation sites excluding steroid dienone is 1. The van der Waals surface area contributed by atoms with E-state index in [1.165, 1.54) is 0 Å². The third-order valence-corrected chi connectivity index (χ3v) is 5.57. The molecule has 0 aliphatic rings. The summed E-state index contributed by atoms with van der Waals surface area (Å²) in [4.78, 5) is 16.9. The van der Waals surface area contributed by atoms with E-state index in [1.54, 1.807) is 32.8 Å². The normalized spacial score (nSPS) is 11.5. The summed E-state index contributed by atoms with van der Waals surface area (Å²) in [5.41, 5.74) is 6.14. The largest absolute Gasteiger partial charge is 0.497 e. The summed E-state index contributed by atoms with van der Waals surface area (Å²) in [6, 6.07) is 13.5. The van der Waals surface area contributed by atoms with Crippen LogP contribution in [0.3, 0.4) is 0 Å². The van der Waals surface area contributed by atoms with Gasteiger partial charge in [-0.2, -0.15) is 0 Å². The second kappa shape index (κ2) is 9.20. The molecule has 33 heavy (non-hydrogen) atoms. The average Bonchev–Trinajstić information content (AvgIpc) is 3.23. The Labute approximate surface area is 192 Å². The number of ether oxygens (including phenoxy) is 2. The van der Waals surface area contributed by atoms with E-state index in [1.807, 2.05) is 63.2 Å². The van der Waals surface area contributed by atoms with Crippen LogP contribution in [0.25, 0.3) is 27.7 Å². The molecule has 0 fully saturated rings. The van der Waals surface area contributed by atoms with E-state index < -0.39 is 0 Å². The molecule has 2 aromatic heterocycles. The number of carbonyl (C=O) groups excluding carboxylic acids is 1. The Morgan fingerprint density at radius 2 is 1.91 bits per heavy atom. The maximum Gasteiger partial charge on any atom is 0.249 e. The van der Waals surface area contributed by atoms with Crippen molar-refractivity contribution < 1.29 is 18.7 Å². The zero-order valence-corrected chi connectivity index (χ0v) is 19.4. The number of fused-ring (bicyclic) bond motifs is 1. The minimum absolute atomic E-state index is 0.259. The number of hydrogen-bond acceptors (Lipinski definition) is 5. The second-order valence-electron chi connectivity index (χ2n) is 7.88. The first-order valence-corrected chi connectivity index (χ1v) is 10.6. The summed E-state index contributed by atoms with van der Waals surface area (Å²) in [7, 11) is 3.26. The Morgan fingerprint density at radius 3 is 2.64 bits per heavy atom. The number of carbonyl (C=O) groups is 1. The molecule has 168 valence electrons. The highest BCUT2D eigenvalue weighted by molar-refractivity contribution is 6.05. The molecule has 6 nitrogen and oxygen atoms in total. The molecule has 0 aliphatic heterocycles. The topological polar surface area (TPSA) is 73.6 Å². The smallest absolute Gasteiger partial charge is 0.249 e. The van der Waals surface area contributed by atoms with Gasteiger partial charge in [-0.1, -0.05) is 12.1 Å². The molecule has 6 heteroatoms. The molecule has 0 bridgehead atoms. The van der Waals surface area contributed by atoms with Crippen LogP contribution < -0.4 is 14.8 Å². The molecule has 0 atom stereocenters. The summed E-state index contributed by atoms with van der Waals surface area (Å²) >= 11 is 0. The highest BCUT2D eigenvalue weighted by Gasteiger charge is 2.19. The Kier molecular flexibility index (Phi) is 6.18. The monoisotopic (exact) mass is 442 g/mol. The number of hydrogen-bond donors (Lipinski definition) is 1. The van der Waals surface area contributed by atoms with Gasteiger partial charge in [-0.3, -0.25) is 4.79 Å². The fourth-order valence-electron chi connectivity index (χ4n) is 3.93. The van der Waals surface area contributed by atoms with Gasteiger partial charge < -0.3 is 19.2 Å². The van der Waals surface area contributed by atoms with Crippen molar-refractivity contribution in [3.05, 3.63) is 77.7 Å². The summed E-state index contributed by atoms with van der Waals surface area (Å²) in [6.07, 6.45) is 4.96. The quantitative estimate of drug-likeness (QED) is 0.362. The number of nitrogens with one attached hydrogen (secondary N) is 1. The molecule has 0 spiro atoms. The number of methoxy groups -OCH3 is 2. The van der Waals surface area contributed by atoms with Crippen LogP contribution in [0.2, 0.25) is 0 Å². The van der Waals surface area contributed by atoms with Crippen molar-refractivity contribution in [3.8, 4) is 22.6 Å². The van der Waals surface area contributed by atoms with Crippen LogP contribution in [0.1, 0.15) is 23.6 Å². The van der Waals surface area contributed by atoms with Crippen molar-refractivity contribution >= 4 is 28.3 Å². The summed E-state index contributed by atoms with van der Waals surface area (Å²) in [6.45, 7) is 5.79. The van der Waals surface area contributed by atoms with Crippen LogP contribution in [0, 0.1) is 13.8 Å². The zero-order valence-electron chi connectivity index (χ0n) is 19.4. The van der Waals surface area contributed by atoms with Crippen LogP contribution in [0.15, 0.2) is 65.4 Å². The summed E-state index contributed by atoms with van der Waals surface area (Å²) < 4.78 is 17.0. The molecular weight excluding hydrogens is 416 g/mol. The maximum absolute atomic E-state index is 12.7. The molecule has 0 radical (unpaired) electrons. The Morgan fingerprint density at radius 1 is 1.09 bits per heavy atom. The van der Waals surface area contributed by atoms with Crippen LogP contribution in [0.4, 0.5) is 5.82 Å². The van der Waals surface area contributed by atoms with Gasteiger partial charge in [0.1, 0.15) is 22.9 Å². The fourth-order valence-corrected chi connectivity index (χ4v) is 3.93. The molecule has 1 amide bonds. The zero-order chi connectivity index (χ0) is 23.5. The van der Waals surface area contributed by atoms with Crippen LogP contribution in [-0.2, 0) is 4.79 Å². The Hall–Kier alpha value is -4.06. The molecule has 4 rings (SSSR count). The van der Waals surface area contributed by atoms with E-state index >= 15 is 0 Å². The van der Waals surface area contributed by atoms with E-state index in [4.69, 9.17) is 13.9 Å². The number of pyridine rings is 1. The van der Waals surface area contributed by atoms with Crippen molar-refractivity contribution in [3.63, 3.8) is 0 Å². The summed E-state index contributed by atoms with van der Waals surface area (Å²) in [5, 5.41) is 3.75. The van der Waals surface area contributed by atoms with E-state index in [0.29, 0.717) is 11.6 Å². The second-order valence-corrected chi connectivity index (χ2v) is 7.88. The first-order chi connectivity index (χ1) is 15.9. The van der Waals surface area contributed by atoms with Gasteiger partial charge in [0.25, 0.3) is 0 Å². The molecular formula is C27H26N2O4. The van der Waals surface area contributed by atoms with E-state index in [9.17, 15) is 4.79 Å². The molecule has 1 N–H and O–H groups in total. The first kappa shape index (κ1) is 22.1. The highest BCUT2D eigenvalue weighted by atomic mass is 16.5. The SMILES string of the molecule is COc1cccc(-c2coc3c(C)c(OC)c(/C(C)=C/C(=O)Nc4cc(C)ccn4)cc23)c1. The van der Waals surface area contributed by atoms with Crippen LogP contribution in [-0.4, -0.2) is 25.1 Å². The number of amides is 1. The minimum Gasteiger partial charge on any atom is -0.497 e. The molecule has 0 saturated carbocycles. The van der Waals surface area contributed by atoms with Crippen molar-refractivity contribution in [2.24, 2.45) is 0 Å². The fraction of sp³-hybridized carbons (Fsp3) is 0.185.